The molecule has 0 unspecified atom stereocenters. The van der Waals surface area contributed by atoms with Gasteiger partial charge in [0.15, 0.2) is 11.5 Å². The van der Waals surface area contributed by atoms with Crippen molar-refractivity contribution < 1.29 is 27.9 Å². The first-order chi connectivity index (χ1) is 16.6. The zero-order valence-electron chi connectivity index (χ0n) is 18.5. The highest BCUT2D eigenvalue weighted by atomic mass is 19.4. The van der Waals surface area contributed by atoms with Crippen LogP contribution in [-0.4, -0.2) is 53.1 Å². The van der Waals surface area contributed by atoms with E-state index in [4.69, 9.17) is 14.9 Å². The normalized spacial score (nSPS) is 13.3. The zero-order chi connectivity index (χ0) is 25.2. The minimum Gasteiger partial charge on any atom is -0.475 e. The van der Waals surface area contributed by atoms with Gasteiger partial charge in [0, 0.05) is 30.8 Å². The zero-order valence-corrected chi connectivity index (χ0v) is 18.5. The van der Waals surface area contributed by atoms with Crippen molar-refractivity contribution in [3.63, 3.8) is 0 Å². The Morgan fingerprint density at radius 1 is 1.17 bits per heavy atom. The fraction of sp³-hybridized carbons (Fsp3) is 0.261. The number of carbonyl (C=O) groups excluding carboxylic acids is 1. The minimum atomic E-state index is -5.08. The molecule has 1 amide bonds. The van der Waals surface area contributed by atoms with Gasteiger partial charge in [-0.15, -0.1) is 0 Å². The molecule has 4 aromatic rings. The second-order valence-corrected chi connectivity index (χ2v) is 7.95. The van der Waals surface area contributed by atoms with Gasteiger partial charge in [-0.25, -0.2) is 14.8 Å². The molecule has 12 heteroatoms. The number of hydrogen-bond donors (Lipinski definition) is 2. The van der Waals surface area contributed by atoms with Crippen LogP contribution in [0.4, 0.5) is 13.2 Å². The second-order valence-electron chi connectivity index (χ2n) is 7.95. The molecule has 1 aliphatic rings. The van der Waals surface area contributed by atoms with Gasteiger partial charge in [-0.2, -0.15) is 13.2 Å². The number of fused-ring (bicyclic) bond motifs is 1. The van der Waals surface area contributed by atoms with E-state index in [9.17, 15) is 18.0 Å². The lowest BCUT2D eigenvalue weighted by atomic mass is 10.3. The van der Waals surface area contributed by atoms with Crippen molar-refractivity contribution in [2.45, 2.75) is 38.5 Å². The predicted molar refractivity (Wildman–Crippen MR) is 119 cm³/mol. The lowest BCUT2D eigenvalue weighted by molar-refractivity contribution is -0.192. The maximum absolute atomic E-state index is 12.6. The third kappa shape index (κ3) is 5.65. The van der Waals surface area contributed by atoms with Crippen LogP contribution in [-0.2, 0) is 11.3 Å². The number of carbonyl (C=O) groups is 2. The highest BCUT2D eigenvalue weighted by molar-refractivity contribution is 6.00. The number of amides is 1. The smallest absolute Gasteiger partial charge is 0.475 e. The fourth-order valence-electron chi connectivity index (χ4n) is 3.33. The van der Waals surface area contributed by atoms with Gasteiger partial charge in [0.1, 0.15) is 11.5 Å². The van der Waals surface area contributed by atoms with Gasteiger partial charge >= 0.3 is 12.1 Å². The van der Waals surface area contributed by atoms with E-state index in [1.165, 1.54) is 0 Å². The predicted octanol–water partition coefficient (Wildman–Crippen LogP) is 3.48. The molecule has 0 bridgehead atoms. The van der Waals surface area contributed by atoms with Crippen molar-refractivity contribution in [2.75, 3.05) is 0 Å². The third-order valence-electron chi connectivity index (χ3n) is 5.20. The fourth-order valence-corrected chi connectivity index (χ4v) is 3.33. The number of aryl methyl sites for hydroxylation is 1. The van der Waals surface area contributed by atoms with E-state index in [-0.39, 0.29) is 11.9 Å². The quantitative estimate of drug-likeness (QED) is 0.447. The molecule has 5 rings (SSSR count). The Balaban J connectivity index is 0.000000364. The van der Waals surface area contributed by atoms with Crippen LogP contribution in [0.25, 0.3) is 17.0 Å². The summed E-state index contributed by atoms with van der Waals surface area (Å²) >= 11 is 0. The molecule has 1 fully saturated rings. The van der Waals surface area contributed by atoms with E-state index in [0.717, 1.165) is 35.4 Å². The number of aliphatic carboxylic acids is 1. The van der Waals surface area contributed by atoms with E-state index in [1.807, 2.05) is 60.2 Å². The van der Waals surface area contributed by atoms with Crippen LogP contribution in [0.3, 0.4) is 0 Å². The van der Waals surface area contributed by atoms with E-state index >= 15 is 0 Å². The van der Waals surface area contributed by atoms with Crippen LogP contribution in [0.2, 0.25) is 0 Å². The summed E-state index contributed by atoms with van der Waals surface area (Å²) in [5, 5.41) is 10.2. The average Bonchev–Trinajstić information content (AvgIpc) is 3.44. The summed E-state index contributed by atoms with van der Waals surface area (Å²) in [5.41, 5.74) is 3.08. The van der Waals surface area contributed by atoms with Gasteiger partial charge in [0.05, 0.1) is 12.1 Å². The van der Waals surface area contributed by atoms with Crippen molar-refractivity contribution in [1.82, 2.24) is 29.2 Å². The first kappa shape index (κ1) is 23.9. The number of halogens is 3. The Bertz CT molecular complexity index is 1360. The molecule has 1 saturated carbocycles. The number of imidazole rings is 2. The van der Waals surface area contributed by atoms with Crippen molar-refractivity contribution in [1.29, 1.82) is 0 Å². The van der Waals surface area contributed by atoms with Crippen molar-refractivity contribution in [3.8, 4) is 11.5 Å². The largest absolute Gasteiger partial charge is 0.490 e. The second kappa shape index (κ2) is 9.57. The van der Waals surface area contributed by atoms with Gasteiger partial charge < -0.3 is 15.0 Å². The highest BCUT2D eigenvalue weighted by Gasteiger charge is 2.38. The third-order valence-corrected chi connectivity index (χ3v) is 5.20. The molecule has 0 radical (unpaired) electrons. The number of aromatic nitrogens is 5. The number of hydrogen-bond acceptors (Lipinski definition) is 5. The molecular formula is C23H21F3N6O3. The molecule has 9 nitrogen and oxygen atoms in total. The number of nitrogens with one attached hydrogen (secondary N) is 1. The van der Waals surface area contributed by atoms with Crippen molar-refractivity contribution in [2.24, 2.45) is 0 Å². The van der Waals surface area contributed by atoms with Gasteiger partial charge in [0.2, 0.25) is 0 Å². The van der Waals surface area contributed by atoms with Gasteiger partial charge in [-0.05, 0) is 43.5 Å². The maximum atomic E-state index is 12.6. The monoisotopic (exact) mass is 486 g/mol. The first-order valence-corrected chi connectivity index (χ1v) is 10.6. The number of carboxylic acids is 1. The van der Waals surface area contributed by atoms with Crippen molar-refractivity contribution in [3.05, 3.63) is 72.2 Å². The van der Waals surface area contributed by atoms with Gasteiger partial charge in [0.25, 0.3) is 5.91 Å². The van der Waals surface area contributed by atoms with E-state index in [2.05, 4.69) is 19.9 Å². The minimum absolute atomic E-state index is 0.121. The summed E-state index contributed by atoms with van der Waals surface area (Å²) < 4.78 is 35.7. The lowest BCUT2D eigenvalue weighted by Gasteiger charge is -2.03. The van der Waals surface area contributed by atoms with E-state index in [0.29, 0.717) is 18.1 Å². The molecule has 4 heterocycles. The van der Waals surface area contributed by atoms with Gasteiger partial charge in [-0.3, -0.25) is 14.2 Å². The molecule has 182 valence electrons. The standard InChI is InChI=1S/C21H20N6O.C2HF3O2/c1-14-23-17(13-26(14)12-15-5-4-9-22-11-15)20-25-19(21(28)24-16-7-8-16)18-6-2-3-10-27(18)20;3-2(4,5)1(6)7/h2-6,9-11,13,16H,7-8,12H2,1H3,(H,24,28);(H,6,7). The number of nitrogens with zero attached hydrogens (tertiary/aromatic N) is 5. The molecule has 0 atom stereocenters. The summed E-state index contributed by atoms with van der Waals surface area (Å²) in [4.78, 5) is 35.1. The Hall–Kier alpha value is -4.22. The number of alkyl halides is 3. The number of carboxylic acid groups (broad SMARTS) is 1. The molecular weight excluding hydrogens is 465 g/mol. The summed E-state index contributed by atoms with van der Waals surface area (Å²) in [6.45, 7) is 2.65. The summed E-state index contributed by atoms with van der Waals surface area (Å²) in [5.74, 6) is -1.32. The SMILES string of the molecule is Cc1nc(-c2nc(C(=O)NC3CC3)c3ccccn23)cn1Cc1cccnc1.O=C(O)C(F)(F)F. The Morgan fingerprint density at radius 3 is 2.54 bits per heavy atom. The number of pyridine rings is 2. The molecule has 4 aromatic heterocycles. The molecule has 1 aliphatic carbocycles. The molecule has 0 saturated heterocycles. The molecule has 0 aliphatic heterocycles. The highest BCUT2D eigenvalue weighted by Crippen LogP contribution is 2.25. The summed E-state index contributed by atoms with van der Waals surface area (Å²) in [6, 6.07) is 10.0. The topological polar surface area (TPSA) is 114 Å². The van der Waals surface area contributed by atoms with Gasteiger partial charge in [-0.1, -0.05) is 12.1 Å². The Labute approximate surface area is 197 Å². The van der Waals surface area contributed by atoms with Crippen LogP contribution in [0.1, 0.15) is 34.7 Å². The van der Waals surface area contributed by atoms with E-state index in [1.54, 1.807) is 6.20 Å². The van der Waals surface area contributed by atoms with E-state index < -0.39 is 12.1 Å². The van der Waals surface area contributed by atoms with Crippen LogP contribution < -0.4 is 5.32 Å². The van der Waals surface area contributed by atoms with Crippen LogP contribution in [0.5, 0.6) is 0 Å². The van der Waals surface area contributed by atoms with Crippen molar-refractivity contribution >= 4 is 17.4 Å². The molecule has 2 N–H and O–H groups in total. The average molecular weight is 486 g/mol. The molecule has 35 heavy (non-hydrogen) atoms. The Morgan fingerprint density at radius 2 is 1.91 bits per heavy atom. The maximum Gasteiger partial charge on any atom is 0.490 e. The summed E-state index contributed by atoms with van der Waals surface area (Å²) in [6.07, 6.45) is 4.52. The summed E-state index contributed by atoms with van der Waals surface area (Å²) in [7, 11) is 0. The lowest BCUT2D eigenvalue weighted by Crippen LogP contribution is -2.25. The van der Waals surface area contributed by atoms with Crippen LogP contribution in [0.15, 0.2) is 55.1 Å². The molecule has 0 spiro atoms. The molecule has 0 aromatic carbocycles. The van der Waals surface area contributed by atoms with Crippen LogP contribution >= 0.6 is 0 Å². The first-order valence-electron chi connectivity index (χ1n) is 10.6. The van der Waals surface area contributed by atoms with Crippen LogP contribution in [0, 0.1) is 6.92 Å². The number of rotatable bonds is 5. The Kier molecular flexibility index (Phi) is 6.54.